The van der Waals surface area contributed by atoms with E-state index in [1.807, 2.05) is 18.2 Å². The van der Waals surface area contributed by atoms with Gasteiger partial charge in [0.05, 0.1) is 0 Å². The van der Waals surface area contributed by atoms with Crippen LogP contribution in [0.3, 0.4) is 0 Å². The predicted octanol–water partition coefficient (Wildman–Crippen LogP) is -2.13. The molecule has 62 valence electrons. The van der Waals surface area contributed by atoms with Crippen LogP contribution in [0.15, 0.2) is 30.3 Å². The van der Waals surface area contributed by atoms with Crippen molar-refractivity contribution in [2.24, 2.45) is 0 Å². The first kappa shape index (κ1) is 11.9. The molecular weight excluding hydrogens is 171 g/mol. The molecule has 0 amide bonds. The minimum atomic E-state index is -4.61. The van der Waals surface area contributed by atoms with Crippen LogP contribution in [0.1, 0.15) is 0 Å². The van der Waals surface area contributed by atoms with Gasteiger partial charge in [-0.1, -0.05) is 0 Å². The van der Waals surface area contributed by atoms with Crippen molar-refractivity contribution in [1.82, 2.24) is 0 Å². The number of benzene rings is 1. The third kappa shape index (κ3) is 12.5. The molecule has 0 aliphatic heterocycles. The average molecular weight is 180 g/mol. The summed E-state index contributed by atoms with van der Waals surface area (Å²) in [5, 5.41) is 0. The van der Waals surface area contributed by atoms with Gasteiger partial charge in [-0.2, -0.15) is 0 Å². The Morgan fingerprint density at radius 3 is 1.42 bits per heavy atom. The van der Waals surface area contributed by atoms with E-state index in [0.717, 1.165) is 0 Å². The molecule has 0 heterocycles. The molecule has 0 saturated heterocycles. The van der Waals surface area contributed by atoms with E-state index in [9.17, 15) is 0 Å². The first-order valence-corrected chi connectivity index (χ1v) is 5.09. The van der Waals surface area contributed by atoms with Crippen molar-refractivity contribution in [2.45, 2.75) is 0 Å². The van der Waals surface area contributed by atoms with Crippen molar-refractivity contribution in [3.8, 4) is 0 Å². The van der Waals surface area contributed by atoms with Gasteiger partial charge in [-0.3, -0.25) is 0 Å². The molecule has 1 aromatic rings. The van der Waals surface area contributed by atoms with Gasteiger partial charge >= 0.3 is 61.3 Å². The topological polar surface area (TPSA) is 80.9 Å². The Bertz CT molecular complexity index is 205. The molecule has 0 aromatic heterocycles. The van der Waals surface area contributed by atoms with E-state index in [4.69, 9.17) is 19.2 Å². The summed E-state index contributed by atoms with van der Waals surface area (Å²) in [5.41, 5.74) is 0. The van der Waals surface area contributed by atoms with Gasteiger partial charge < -0.3 is 19.2 Å². The summed E-state index contributed by atoms with van der Waals surface area (Å²) in [6.07, 6.45) is 0. The summed E-state index contributed by atoms with van der Waals surface area (Å²) in [4.78, 5) is 29.3. The minimum absolute atomic E-state index is 1.32. The molecule has 0 unspecified atom stereocenters. The Labute approximate surface area is 80.8 Å². The summed E-state index contributed by atoms with van der Waals surface area (Å²) >= 11 is 2.08. The first-order chi connectivity index (χ1) is 5.39. The van der Waals surface area contributed by atoms with E-state index < -0.39 is 9.05 Å². The first-order valence-electron chi connectivity index (χ1n) is 3.31. The second kappa shape index (κ2) is 5.51. The predicted molar refractivity (Wildman–Crippen MR) is 46.5 cm³/mol. The molecule has 4 nitrogen and oxygen atoms in total. The van der Waals surface area contributed by atoms with Crippen LogP contribution in [0.25, 0.3) is 0 Å². The maximum absolute atomic E-state index is 7.33. The van der Waals surface area contributed by atoms with E-state index in [1.165, 1.54) is 4.24 Å². The van der Waals surface area contributed by atoms with Gasteiger partial charge in [0.1, 0.15) is 0 Å². The number of hydrogen-bond donors (Lipinski definition) is 4. The van der Waals surface area contributed by atoms with Crippen molar-refractivity contribution in [3.05, 3.63) is 30.3 Å². The van der Waals surface area contributed by atoms with Crippen LogP contribution in [0, 0.1) is 0 Å². The second-order valence-corrected chi connectivity index (χ2v) is 3.45. The third-order valence-corrected chi connectivity index (χ3v) is 0.940. The molecule has 1 aromatic carbocycles. The zero-order chi connectivity index (χ0) is 9.61. The second-order valence-electron chi connectivity index (χ2n) is 2.25. The van der Waals surface area contributed by atoms with Gasteiger partial charge in [-0.25, -0.2) is 0 Å². The number of hydrogen-bond acceptors (Lipinski definition) is 4. The van der Waals surface area contributed by atoms with Gasteiger partial charge in [-0.05, 0) is 0 Å². The van der Waals surface area contributed by atoms with Gasteiger partial charge in [0.15, 0.2) is 0 Å². The van der Waals surface area contributed by atoms with E-state index >= 15 is 0 Å². The van der Waals surface area contributed by atoms with E-state index in [0.29, 0.717) is 0 Å². The zero-order valence-corrected chi connectivity index (χ0v) is 7.68. The molecule has 0 spiro atoms. The van der Waals surface area contributed by atoms with Crippen LogP contribution in [-0.4, -0.2) is 45.9 Å². The fourth-order valence-electron chi connectivity index (χ4n) is 0.534. The molecule has 0 aliphatic rings. The monoisotopic (exact) mass is 180 g/mol. The summed E-state index contributed by atoms with van der Waals surface area (Å²) in [5.74, 6) is 0. The molecule has 0 fully saturated rings. The molecule has 0 bridgehead atoms. The molecular formula is C6H9LiO4Si. The fraction of sp³-hybridized carbons (Fsp3) is 0. The summed E-state index contributed by atoms with van der Waals surface area (Å²) in [7, 11) is -4.61. The fourth-order valence-corrected chi connectivity index (χ4v) is 0.534. The zero-order valence-electron chi connectivity index (χ0n) is 6.68. The van der Waals surface area contributed by atoms with E-state index in [2.05, 4.69) is 29.8 Å². The Morgan fingerprint density at radius 1 is 0.917 bits per heavy atom. The van der Waals surface area contributed by atoms with Crippen LogP contribution in [0.5, 0.6) is 0 Å². The number of rotatable bonds is 0. The van der Waals surface area contributed by atoms with Crippen LogP contribution in [0.4, 0.5) is 0 Å². The Balaban J connectivity index is 0.000000217. The van der Waals surface area contributed by atoms with Gasteiger partial charge in [-0.15, -0.1) is 0 Å². The van der Waals surface area contributed by atoms with Crippen LogP contribution < -0.4 is 4.24 Å². The quantitative estimate of drug-likeness (QED) is 0.344. The summed E-state index contributed by atoms with van der Waals surface area (Å²) in [6.45, 7) is 0. The Morgan fingerprint density at radius 2 is 1.25 bits per heavy atom. The SMILES string of the molecule is O[Si](O)(O)O.[Li][c]1ccccc1. The molecule has 1 rings (SSSR count). The molecule has 0 saturated carbocycles. The van der Waals surface area contributed by atoms with Crippen molar-refractivity contribution in [3.63, 3.8) is 0 Å². The van der Waals surface area contributed by atoms with Gasteiger partial charge in [0.25, 0.3) is 0 Å². The van der Waals surface area contributed by atoms with E-state index in [1.54, 1.807) is 0 Å². The molecule has 12 heavy (non-hydrogen) atoms. The standard InChI is InChI=1S/C6H5.Li.H4O4Si/c1-2-4-6-5-3-1;;1-5(2,3)4/h1-5H;;1-4H. The molecule has 6 heteroatoms. The third-order valence-electron chi connectivity index (χ3n) is 0.940. The van der Waals surface area contributed by atoms with Gasteiger partial charge in [0.2, 0.25) is 0 Å². The molecule has 0 atom stereocenters. The van der Waals surface area contributed by atoms with Gasteiger partial charge in [0, 0.05) is 0 Å². The summed E-state index contributed by atoms with van der Waals surface area (Å²) in [6, 6.07) is 10.3. The molecule has 0 radical (unpaired) electrons. The van der Waals surface area contributed by atoms with E-state index in [-0.39, 0.29) is 0 Å². The Hall–Kier alpha value is -0.126. The Kier molecular flexibility index (Phi) is 5.45. The van der Waals surface area contributed by atoms with Crippen LogP contribution in [-0.2, 0) is 0 Å². The maximum atomic E-state index is 7.33. The molecule has 4 N–H and O–H groups in total. The van der Waals surface area contributed by atoms with Crippen molar-refractivity contribution >= 4 is 31.0 Å². The average Bonchev–Trinajstić information content (AvgIpc) is 1.85. The van der Waals surface area contributed by atoms with Crippen molar-refractivity contribution < 1.29 is 19.2 Å². The molecule has 0 aliphatic carbocycles. The van der Waals surface area contributed by atoms with Crippen molar-refractivity contribution in [1.29, 1.82) is 0 Å². The normalized spacial score (nSPS) is 10.2. The van der Waals surface area contributed by atoms with Crippen LogP contribution in [0.2, 0.25) is 0 Å². The van der Waals surface area contributed by atoms with Crippen molar-refractivity contribution in [2.75, 3.05) is 0 Å². The summed E-state index contributed by atoms with van der Waals surface area (Å²) < 4.78 is 1.32. The van der Waals surface area contributed by atoms with Crippen LogP contribution >= 0.6 is 0 Å².